The van der Waals surface area contributed by atoms with Gasteiger partial charge < -0.3 is 10.8 Å². The van der Waals surface area contributed by atoms with E-state index in [2.05, 4.69) is 4.98 Å². The lowest BCUT2D eigenvalue weighted by atomic mass is 10.00. The van der Waals surface area contributed by atoms with Crippen molar-refractivity contribution in [3.8, 4) is 11.3 Å². The van der Waals surface area contributed by atoms with Crippen LogP contribution in [0.4, 0.5) is 26.3 Å². The molecule has 0 aliphatic rings. The second-order valence-corrected chi connectivity index (χ2v) is 6.01. The molecule has 1 heterocycles. The molecule has 2 rings (SSSR count). The molecule has 0 spiro atoms. The molecule has 0 amide bonds. The van der Waals surface area contributed by atoms with Crippen LogP contribution in [0, 0.1) is 0 Å². The van der Waals surface area contributed by atoms with E-state index in [1.165, 1.54) is 6.07 Å². The van der Waals surface area contributed by atoms with Gasteiger partial charge in [0.25, 0.3) is 0 Å². The van der Waals surface area contributed by atoms with Crippen molar-refractivity contribution in [2.24, 2.45) is 5.73 Å². The first-order valence-electron chi connectivity index (χ1n) is 8.18. The van der Waals surface area contributed by atoms with Gasteiger partial charge in [-0.1, -0.05) is 18.2 Å². The van der Waals surface area contributed by atoms with Crippen LogP contribution in [0.2, 0.25) is 0 Å². The molecule has 2 aromatic rings. The average Bonchev–Trinajstić information content (AvgIpc) is 2.60. The third-order valence-electron chi connectivity index (χ3n) is 3.99. The molecule has 1 atom stereocenters. The second-order valence-electron chi connectivity index (χ2n) is 6.01. The van der Waals surface area contributed by atoms with Gasteiger partial charge in [-0.05, 0) is 44.0 Å². The molecule has 0 unspecified atom stereocenters. The summed E-state index contributed by atoms with van der Waals surface area (Å²) < 4.78 is 77.9. The molecule has 0 fully saturated rings. The number of unbranched alkanes of at least 4 members (excludes halogenated alkanes) is 1. The zero-order valence-electron chi connectivity index (χ0n) is 14.1. The van der Waals surface area contributed by atoms with Crippen LogP contribution in [-0.2, 0) is 12.4 Å². The largest absolute Gasteiger partial charge is 0.433 e. The molecular weight excluding hydrogens is 374 g/mol. The zero-order valence-corrected chi connectivity index (χ0v) is 14.1. The van der Waals surface area contributed by atoms with Gasteiger partial charge >= 0.3 is 12.4 Å². The van der Waals surface area contributed by atoms with Gasteiger partial charge in [0.2, 0.25) is 0 Å². The number of pyridine rings is 1. The summed E-state index contributed by atoms with van der Waals surface area (Å²) in [5.41, 5.74) is 2.78. The Morgan fingerprint density at radius 3 is 2.04 bits per heavy atom. The van der Waals surface area contributed by atoms with Crippen LogP contribution in [-0.4, -0.2) is 16.6 Å². The SMILES string of the molecule is NCCCC[C@@H](O)c1ccc(-c2ccc(C(F)(F)F)cc2)nc1C(F)(F)F. The number of rotatable bonds is 6. The van der Waals surface area contributed by atoms with Crippen LogP contribution in [0.1, 0.15) is 42.2 Å². The minimum absolute atomic E-state index is 0.0988. The number of nitrogens with two attached hydrogens (primary N) is 1. The minimum atomic E-state index is -4.81. The average molecular weight is 392 g/mol. The molecule has 3 nitrogen and oxygen atoms in total. The van der Waals surface area contributed by atoms with Crippen molar-refractivity contribution in [2.75, 3.05) is 6.54 Å². The Hall–Kier alpha value is -2.13. The highest BCUT2D eigenvalue weighted by Gasteiger charge is 2.37. The summed E-state index contributed by atoms with van der Waals surface area (Å²) in [5, 5.41) is 10.1. The number of aromatic nitrogens is 1. The van der Waals surface area contributed by atoms with E-state index in [0.717, 1.165) is 30.3 Å². The summed E-state index contributed by atoms with van der Waals surface area (Å²) in [7, 11) is 0. The van der Waals surface area contributed by atoms with Crippen molar-refractivity contribution in [1.29, 1.82) is 0 Å². The molecule has 0 saturated heterocycles. The van der Waals surface area contributed by atoms with E-state index in [-0.39, 0.29) is 23.2 Å². The molecule has 0 aliphatic carbocycles. The molecular formula is C18H18F6N2O. The molecule has 27 heavy (non-hydrogen) atoms. The summed E-state index contributed by atoms with van der Waals surface area (Å²) in [5.74, 6) is 0. The van der Waals surface area contributed by atoms with E-state index in [1.54, 1.807) is 0 Å². The summed E-state index contributed by atoms with van der Waals surface area (Å²) in [6.07, 6.45) is -9.60. The fourth-order valence-electron chi connectivity index (χ4n) is 2.59. The number of alkyl halides is 6. The van der Waals surface area contributed by atoms with Crippen molar-refractivity contribution in [3.05, 3.63) is 53.2 Å². The van der Waals surface area contributed by atoms with Crippen LogP contribution in [0.15, 0.2) is 36.4 Å². The lowest BCUT2D eigenvalue weighted by molar-refractivity contribution is -0.142. The van der Waals surface area contributed by atoms with Gasteiger partial charge in [-0.3, -0.25) is 0 Å². The third-order valence-corrected chi connectivity index (χ3v) is 3.99. The highest BCUT2D eigenvalue weighted by atomic mass is 19.4. The van der Waals surface area contributed by atoms with Gasteiger partial charge in [-0.2, -0.15) is 26.3 Å². The highest BCUT2D eigenvalue weighted by molar-refractivity contribution is 5.60. The Morgan fingerprint density at radius 1 is 0.889 bits per heavy atom. The van der Waals surface area contributed by atoms with Gasteiger partial charge in [-0.15, -0.1) is 0 Å². The van der Waals surface area contributed by atoms with Crippen LogP contribution in [0.5, 0.6) is 0 Å². The van der Waals surface area contributed by atoms with Crippen LogP contribution >= 0.6 is 0 Å². The summed E-state index contributed by atoms with van der Waals surface area (Å²) >= 11 is 0. The van der Waals surface area contributed by atoms with Gasteiger partial charge in [-0.25, -0.2) is 4.98 Å². The Labute approximate surface area is 151 Å². The first-order chi connectivity index (χ1) is 12.5. The zero-order chi connectivity index (χ0) is 20.2. The van der Waals surface area contributed by atoms with Gasteiger partial charge in [0.05, 0.1) is 17.4 Å². The maximum absolute atomic E-state index is 13.4. The Bertz CT molecular complexity index is 756. The smallest absolute Gasteiger partial charge is 0.388 e. The monoisotopic (exact) mass is 392 g/mol. The van der Waals surface area contributed by atoms with Crippen molar-refractivity contribution in [3.63, 3.8) is 0 Å². The molecule has 148 valence electrons. The van der Waals surface area contributed by atoms with E-state index >= 15 is 0 Å². The maximum atomic E-state index is 13.4. The number of nitrogens with zero attached hydrogens (tertiary/aromatic N) is 1. The van der Waals surface area contributed by atoms with Crippen molar-refractivity contribution >= 4 is 0 Å². The molecule has 0 radical (unpaired) electrons. The topological polar surface area (TPSA) is 59.1 Å². The predicted molar refractivity (Wildman–Crippen MR) is 87.5 cm³/mol. The molecule has 0 saturated carbocycles. The first-order valence-corrected chi connectivity index (χ1v) is 8.18. The van der Waals surface area contributed by atoms with E-state index < -0.39 is 29.7 Å². The van der Waals surface area contributed by atoms with Crippen molar-refractivity contribution < 1.29 is 31.4 Å². The third kappa shape index (κ3) is 5.43. The molecule has 1 aromatic carbocycles. The number of halogens is 6. The minimum Gasteiger partial charge on any atom is -0.388 e. The maximum Gasteiger partial charge on any atom is 0.433 e. The van der Waals surface area contributed by atoms with Crippen LogP contribution in [0.3, 0.4) is 0 Å². The van der Waals surface area contributed by atoms with Crippen molar-refractivity contribution in [2.45, 2.75) is 37.7 Å². The fourth-order valence-corrected chi connectivity index (χ4v) is 2.59. The Kier molecular flexibility index (Phi) is 6.48. The standard InChI is InChI=1S/C18H18F6N2O/c19-17(20,21)12-6-4-11(5-7-12)14-9-8-13(15(27)3-1-2-10-25)16(26-14)18(22,23)24/h4-9,15,27H,1-3,10,25H2/t15-/m1/s1. The number of aliphatic hydroxyl groups excluding tert-OH is 1. The summed E-state index contributed by atoms with van der Waals surface area (Å²) in [4.78, 5) is 3.56. The van der Waals surface area contributed by atoms with E-state index in [1.807, 2.05) is 0 Å². The van der Waals surface area contributed by atoms with E-state index in [0.29, 0.717) is 19.4 Å². The number of hydrogen-bond acceptors (Lipinski definition) is 3. The molecule has 1 aromatic heterocycles. The van der Waals surface area contributed by atoms with Gasteiger partial charge in [0.15, 0.2) is 5.69 Å². The lowest BCUT2D eigenvalue weighted by Gasteiger charge is -2.18. The number of benzene rings is 1. The summed E-state index contributed by atoms with van der Waals surface area (Å²) in [6.45, 7) is 0.365. The van der Waals surface area contributed by atoms with E-state index in [9.17, 15) is 31.4 Å². The Morgan fingerprint density at radius 2 is 1.52 bits per heavy atom. The number of hydrogen-bond donors (Lipinski definition) is 2. The highest BCUT2D eigenvalue weighted by Crippen LogP contribution is 2.37. The molecule has 3 N–H and O–H groups in total. The lowest BCUT2D eigenvalue weighted by Crippen LogP contribution is -2.15. The normalized spacial score (nSPS) is 13.6. The molecule has 0 bridgehead atoms. The predicted octanol–water partition coefficient (Wildman–Crippen LogP) is 4.95. The van der Waals surface area contributed by atoms with Gasteiger partial charge in [0, 0.05) is 11.1 Å². The Balaban J connectivity index is 2.37. The summed E-state index contributed by atoms with van der Waals surface area (Å²) in [6, 6.07) is 6.03. The van der Waals surface area contributed by atoms with Crippen LogP contribution in [0.25, 0.3) is 11.3 Å². The van der Waals surface area contributed by atoms with E-state index in [4.69, 9.17) is 5.73 Å². The number of aliphatic hydroxyl groups is 1. The van der Waals surface area contributed by atoms with Crippen molar-refractivity contribution in [1.82, 2.24) is 4.98 Å². The first kappa shape index (κ1) is 21.2. The van der Waals surface area contributed by atoms with Crippen LogP contribution < -0.4 is 5.73 Å². The molecule has 9 heteroatoms. The van der Waals surface area contributed by atoms with Gasteiger partial charge in [0.1, 0.15) is 0 Å². The molecule has 0 aliphatic heterocycles. The fraction of sp³-hybridized carbons (Fsp3) is 0.389. The second kappa shape index (κ2) is 8.26. The quantitative estimate of drug-likeness (QED) is 0.540.